The highest BCUT2D eigenvalue weighted by molar-refractivity contribution is 5.88. The van der Waals surface area contributed by atoms with Crippen molar-refractivity contribution in [1.82, 2.24) is 0 Å². The van der Waals surface area contributed by atoms with Crippen LogP contribution in [0.15, 0.2) is 30.4 Å². The average Bonchev–Trinajstić information content (AvgIpc) is 2.38. The third-order valence-corrected chi connectivity index (χ3v) is 2.58. The monoisotopic (exact) mass is 262 g/mol. The maximum atomic E-state index is 11.5. The largest absolute Gasteiger partial charge is 0.493 e. The first kappa shape index (κ1) is 15.3. The summed E-state index contributed by atoms with van der Waals surface area (Å²) in [5.41, 5.74) is 1.53. The van der Waals surface area contributed by atoms with Crippen molar-refractivity contribution in [3.05, 3.63) is 35.9 Å². The van der Waals surface area contributed by atoms with Gasteiger partial charge in [-0.25, -0.2) is 4.79 Å². The van der Waals surface area contributed by atoms with E-state index in [1.54, 1.807) is 19.1 Å². The van der Waals surface area contributed by atoms with Crippen LogP contribution in [0.25, 0.3) is 0 Å². The number of ether oxygens (including phenoxy) is 2. The van der Waals surface area contributed by atoms with Gasteiger partial charge in [0.05, 0.1) is 6.61 Å². The molecule has 0 aliphatic rings. The van der Waals surface area contributed by atoms with Crippen molar-refractivity contribution in [2.45, 2.75) is 40.0 Å². The number of esters is 1. The predicted octanol–water partition coefficient (Wildman–Crippen LogP) is 3.91. The Morgan fingerprint density at radius 3 is 2.58 bits per heavy atom. The van der Waals surface area contributed by atoms with E-state index in [9.17, 15) is 4.79 Å². The molecule has 0 N–H and O–H groups in total. The van der Waals surface area contributed by atoms with Gasteiger partial charge in [0, 0.05) is 11.6 Å². The van der Waals surface area contributed by atoms with Gasteiger partial charge < -0.3 is 9.47 Å². The maximum Gasteiger partial charge on any atom is 0.338 e. The third-order valence-electron chi connectivity index (χ3n) is 2.58. The van der Waals surface area contributed by atoms with Crippen molar-refractivity contribution in [3.8, 4) is 11.5 Å². The Labute approximate surface area is 115 Å². The molecule has 1 aromatic rings. The summed E-state index contributed by atoms with van der Waals surface area (Å²) in [6.07, 6.45) is 2.95. The number of rotatable bonds is 7. The Balaban J connectivity index is 2.89. The van der Waals surface area contributed by atoms with Gasteiger partial charge in [0.1, 0.15) is 11.5 Å². The van der Waals surface area contributed by atoms with E-state index < -0.39 is 5.97 Å². The minimum Gasteiger partial charge on any atom is -0.493 e. The molecule has 0 heterocycles. The lowest BCUT2D eigenvalue weighted by atomic mass is 10.1. The normalized spacial score (nSPS) is 10.1. The number of carbonyl (C=O) groups excluding carboxylic acids is 1. The Bertz CT molecular complexity index is 449. The van der Waals surface area contributed by atoms with Gasteiger partial charge in [0.25, 0.3) is 0 Å². The van der Waals surface area contributed by atoms with E-state index in [2.05, 4.69) is 20.4 Å². The molecule has 3 heteroatoms. The Hall–Kier alpha value is -1.77. The predicted molar refractivity (Wildman–Crippen MR) is 76.7 cm³/mol. The lowest BCUT2D eigenvalue weighted by Gasteiger charge is -2.12. The molecule has 0 radical (unpaired) electrons. The zero-order valence-electron chi connectivity index (χ0n) is 12.0. The summed E-state index contributed by atoms with van der Waals surface area (Å²) in [7, 11) is 0. The van der Waals surface area contributed by atoms with E-state index in [4.69, 9.17) is 9.47 Å². The molecule has 0 aliphatic carbocycles. The Morgan fingerprint density at radius 1 is 1.26 bits per heavy atom. The summed E-state index contributed by atoms with van der Waals surface area (Å²) in [4.78, 5) is 11.5. The molecule has 1 rings (SSSR count). The molecule has 0 fully saturated rings. The summed E-state index contributed by atoms with van der Waals surface area (Å²) < 4.78 is 10.9. The van der Waals surface area contributed by atoms with Crippen molar-refractivity contribution in [3.63, 3.8) is 0 Å². The van der Waals surface area contributed by atoms with Gasteiger partial charge in [-0.2, -0.15) is 0 Å². The van der Waals surface area contributed by atoms with Crippen LogP contribution in [0.3, 0.4) is 0 Å². The fraction of sp³-hybridized carbons (Fsp3) is 0.438. The molecular formula is C16H22O3. The van der Waals surface area contributed by atoms with Gasteiger partial charge in [-0.3, -0.25) is 0 Å². The van der Waals surface area contributed by atoms with Crippen LogP contribution in [-0.4, -0.2) is 12.6 Å². The minimum absolute atomic E-state index is 0.383. The van der Waals surface area contributed by atoms with Gasteiger partial charge in [-0.15, -0.1) is 0 Å². The van der Waals surface area contributed by atoms with Crippen LogP contribution in [0.2, 0.25) is 0 Å². The number of hydrogen-bond acceptors (Lipinski definition) is 3. The average molecular weight is 262 g/mol. The van der Waals surface area contributed by atoms with E-state index in [1.807, 2.05) is 6.07 Å². The van der Waals surface area contributed by atoms with Crippen LogP contribution in [0.5, 0.6) is 11.5 Å². The molecule has 0 aliphatic heterocycles. The fourth-order valence-corrected chi connectivity index (χ4v) is 1.61. The molecule has 0 atom stereocenters. The summed E-state index contributed by atoms with van der Waals surface area (Å²) in [6.45, 7) is 10.0. The lowest BCUT2D eigenvalue weighted by Crippen LogP contribution is -2.08. The van der Waals surface area contributed by atoms with Crippen LogP contribution < -0.4 is 9.47 Å². The molecule has 104 valence electrons. The highest BCUT2D eigenvalue weighted by Gasteiger charge is 2.09. The number of carbonyl (C=O) groups is 1. The lowest BCUT2D eigenvalue weighted by molar-refractivity contribution is -0.130. The molecule has 3 nitrogen and oxygen atoms in total. The smallest absolute Gasteiger partial charge is 0.338 e. The molecule has 0 saturated heterocycles. The van der Waals surface area contributed by atoms with E-state index in [0.29, 0.717) is 17.9 Å². The van der Waals surface area contributed by atoms with E-state index >= 15 is 0 Å². The molecular weight excluding hydrogens is 240 g/mol. The minimum atomic E-state index is -0.412. The standard InChI is InChI=1S/C16H22O3/c1-5-7-13-8-9-14(19-16(17)12(3)4)11-15(13)18-10-6-2/h8-9,11H,3,5-7,10H2,1-2,4H3. The molecule has 0 bridgehead atoms. The first-order valence-electron chi connectivity index (χ1n) is 6.71. The second kappa shape index (κ2) is 7.62. The van der Waals surface area contributed by atoms with Crippen molar-refractivity contribution in [2.75, 3.05) is 6.61 Å². The molecule has 0 unspecified atom stereocenters. The summed E-state index contributed by atoms with van der Waals surface area (Å²) in [5, 5.41) is 0. The molecule has 0 spiro atoms. The SMILES string of the molecule is C=C(C)C(=O)Oc1ccc(CCC)c(OCCC)c1. The summed E-state index contributed by atoms with van der Waals surface area (Å²) in [5.74, 6) is 0.888. The van der Waals surface area contributed by atoms with E-state index in [-0.39, 0.29) is 0 Å². The second-order valence-corrected chi connectivity index (χ2v) is 4.54. The van der Waals surface area contributed by atoms with Gasteiger partial charge in [-0.05, 0) is 31.4 Å². The molecule has 19 heavy (non-hydrogen) atoms. The number of aryl methyl sites for hydroxylation is 1. The van der Waals surface area contributed by atoms with Crippen LogP contribution in [0.1, 0.15) is 39.2 Å². The molecule has 0 saturated carbocycles. The van der Waals surface area contributed by atoms with E-state index in [1.165, 1.54) is 0 Å². The topological polar surface area (TPSA) is 35.5 Å². The summed E-state index contributed by atoms with van der Waals surface area (Å²) in [6, 6.07) is 5.53. The van der Waals surface area contributed by atoms with Gasteiger partial charge in [0.2, 0.25) is 0 Å². The van der Waals surface area contributed by atoms with Crippen LogP contribution in [0, 0.1) is 0 Å². The van der Waals surface area contributed by atoms with Gasteiger partial charge in [-0.1, -0.05) is 32.9 Å². The Morgan fingerprint density at radius 2 is 2.00 bits per heavy atom. The van der Waals surface area contributed by atoms with Gasteiger partial charge in [0.15, 0.2) is 0 Å². The third kappa shape index (κ3) is 4.78. The van der Waals surface area contributed by atoms with Crippen molar-refractivity contribution in [1.29, 1.82) is 0 Å². The number of hydrogen-bond donors (Lipinski definition) is 0. The van der Waals surface area contributed by atoms with E-state index in [0.717, 1.165) is 30.6 Å². The zero-order chi connectivity index (χ0) is 14.3. The number of benzene rings is 1. The van der Waals surface area contributed by atoms with Crippen LogP contribution in [0.4, 0.5) is 0 Å². The van der Waals surface area contributed by atoms with Crippen LogP contribution in [-0.2, 0) is 11.2 Å². The zero-order valence-corrected chi connectivity index (χ0v) is 12.0. The second-order valence-electron chi connectivity index (χ2n) is 4.54. The van der Waals surface area contributed by atoms with Crippen molar-refractivity contribution >= 4 is 5.97 Å². The highest BCUT2D eigenvalue weighted by atomic mass is 16.5. The first-order valence-corrected chi connectivity index (χ1v) is 6.71. The van der Waals surface area contributed by atoms with Gasteiger partial charge >= 0.3 is 5.97 Å². The first-order chi connectivity index (χ1) is 9.08. The van der Waals surface area contributed by atoms with Crippen LogP contribution >= 0.6 is 0 Å². The molecule has 0 amide bonds. The quantitative estimate of drug-likeness (QED) is 0.424. The van der Waals surface area contributed by atoms with Crippen molar-refractivity contribution < 1.29 is 14.3 Å². The highest BCUT2D eigenvalue weighted by Crippen LogP contribution is 2.26. The Kier molecular flexibility index (Phi) is 6.13. The molecule has 1 aromatic carbocycles. The molecule has 0 aromatic heterocycles. The summed E-state index contributed by atoms with van der Waals surface area (Å²) >= 11 is 0. The maximum absolute atomic E-state index is 11.5. The van der Waals surface area contributed by atoms with Crippen molar-refractivity contribution in [2.24, 2.45) is 0 Å². The fourth-order valence-electron chi connectivity index (χ4n) is 1.61.